The Morgan fingerprint density at radius 1 is 1.47 bits per heavy atom. The summed E-state index contributed by atoms with van der Waals surface area (Å²) in [6.07, 6.45) is 1.00. The van der Waals surface area contributed by atoms with Gasteiger partial charge in [-0.3, -0.25) is 0 Å². The Balaban J connectivity index is 2.03. The third kappa shape index (κ3) is 2.92. The van der Waals surface area contributed by atoms with Gasteiger partial charge >= 0.3 is 6.09 Å². The Labute approximate surface area is 113 Å². The quantitative estimate of drug-likeness (QED) is 0.732. The van der Waals surface area contributed by atoms with Gasteiger partial charge in [0.1, 0.15) is 0 Å². The van der Waals surface area contributed by atoms with Crippen molar-refractivity contribution in [2.24, 2.45) is 0 Å². The summed E-state index contributed by atoms with van der Waals surface area (Å²) in [5.41, 5.74) is 9.92. The van der Waals surface area contributed by atoms with E-state index in [1.54, 1.807) is 0 Å². The van der Waals surface area contributed by atoms with Gasteiger partial charge in [0.05, 0.1) is 17.4 Å². The van der Waals surface area contributed by atoms with Gasteiger partial charge in [-0.2, -0.15) is 0 Å². The average molecular weight is 263 g/mol. The first-order valence-electron chi connectivity index (χ1n) is 6.59. The number of hydrogen-bond donors (Lipinski definition) is 3. The molecule has 1 atom stereocenters. The average Bonchev–Trinajstić information content (AvgIpc) is 2.80. The molecule has 5 nitrogen and oxygen atoms in total. The number of carbonyl (C=O) groups is 1. The predicted octanol–water partition coefficient (Wildman–Crippen LogP) is 2.44. The van der Waals surface area contributed by atoms with Gasteiger partial charge in [-0.25, -0.2) is 4.79 Å². The van der Waals surface area contributed by atoms with E-state index in [9.17, 15) is 4.79 Å². The molecule has 0 aliphatic carbocycles. The third-order valence-electron chi connectivity index (χ3n) is 3.82. The number of amides is 1. The van der Waals surface area contributed by atoms with E-state index in [0.29, 0.717) is 18.8 Å². The van der Waals surface area contributed by atoms with Crippen LogP contribution in [0.3, 0.4) is 0 Å². The summed E-state index contributed by atoms with van der Waals surface area (Å²) in [5.74, 6) is 0. The van der Waals surface area contributed by atoms with Gasteiger partial charge in [-0.15, -0.1) is 0 Å². The zero-order valence-electron chi connectivity index (χ0n) is 11.4. The van der Waals surface area contributed by atoms with Crippen molar-refractivity contribution in [3.63, 3.8) is 0 Å². The summed E-state index contributed by atoms with van der Waals surface area (Å²) < 4.78 is 0. The number of nitrogens with zero attached hydrogens (tertiary/aromatic N) is 1. The number of benzene rings is 1. The van der Waals surface area contributed by atoms with Gasteiger partial charge in [-0.05, 0) is 49.9 Å². The minimum absolute atomic E-state index is 0.0403. The lowest BCUT2D eigenvalue weighted by atomic mass is 10.1. The molecule has 1 aromatic rings. The number of nitrogens with two attached hydrogens (primary N) is 1. The Morgan fingerprint density at radius 2 is 2.16 bits per heavy atom. The molecule has 1 amide bonds. The summed E-state index contributed by atoms with van der Waals surface area (Å²) in [6.45, 7) is 5.31. The van der Waals surface area contributed by atoms with E-state index in [2.05, 4.69) is 5.32 Å². The van der Waals surface area contributed by atoms with Crippen molar-refractivity contribution in [3.05, 3.63) is 23.3 Å². The highest BCUT2D eigenvalue weighted by atomic mass is 16.4. The highest BCUT2D eigenvalue weighted by Gasteiger charge is 2.28. The maximum atomic E-state index is 11.1. The molecule has 1 saturated heterocycles. The predicted molar refractivity (Wildman–Crippen MR) is 76.6 cm³/mol. The molecule has 1 unspecified atom stereocenters. The van der Waals surface area contributed by atoms with Crippen LogP contribution < -0.4 is 11.1 Å². The largest absolute Gasteiger partial charge is 0.465 e. The normalized spacial score (nSPS) is 18.6. The maximum Gasteiger partial charge on any atom is 0.407 e. The first-order chi connectivity index (χ1) is 8.99. The molecule has 0 spiro atoms. The highest BCUT2D eigenvalue weighted by molar-refractivity contribution is 5.69. The minimum Gasteiger partial charge on any atom is -0.465 e. The molecule has 0 bridgehead atoms. The fraction of sp³-hybridized carbons (Fsp3) is 0.500. The van der Waals surface area contributed by atoms with Crippen LogP contribution in [-0.4, -0.2) is 35.2 Å². The zero-order chi connectivity index (χ0) is 14.0. The van der Waals surface area contributed by atoms with Crippen molar-refractivity contribution in [2.45, 2.75) is 32.7 Å². The van der Waals surface area contributed by atoms with Gasteiger partial charge < -0.3 is 21.1 Å². The van der Waals surface area contributed by atoms with Crippen molar-refractivity contribution in [1.82, 2.24) is 4.90 Å². The van der Waals surface area contributed by atoms with Crippen LogP contribution in [0.1, 0.15) is 24.0 Å². The molecular formula is C14H21N3O2. The Bertz CT molecular complexity index is 488. The Hall–Kier alpha value is -1.91. The fourth-order valence-electron chi connectivity index (χ4n) is 2.52. The monoisotopic (exact) mass is 263 g/mol. The SMILES string of the molecule is Cc1cc(N)c(NCC2CCCN2C(=O)O)cc1C. The van der Waals surface area contributed by atoms with Crippen LogP contribution in [0.5, 0.6) is 0 Å². The van der Waals surface area contributed by atoms with Crippen molar-refractivity contribution in [3.8, 4) is 0 Å². The molecule has 2 rings (SSSR count). The summed E-state index contributed by atoms with van der Waals surface area (Å²) in [7, 11) is 0. The fourth-order valence-corrected chi connectivity index (χ4v) is 2.52. The minimum atomic E-state index is -0.836. The summed E-state index contributed by atoms with van der Waals surface area (Å²) in [5, 5.41) is 12.4. The van der Waals surface area contributed by atoms with E-state index in [-0.39, 0.29) is 6.04 Å². The van der Waals surface area contributed by atoms with Crippen molar-refractivity contribution in [2.75, 3.05) is 24.1 Å². The molecule has 19 heavy (non-hydrogen) atoms. The van der Waals surface area contributed by atoms with Gasteiger partial charge in [-0.1, -0.05) is 0 Å². The van der Waals surface area contributed by atoms with E-state index in [1.165, 1.54) is 10.5 Å². The van der Waals surface area contributed by atoms with Crippen molar-refractivity contribution in [1.29, 1.82) is 0 Å². The molecule has 1 aliphatic heterocycles. The number of carboxylic acid groups (broad SMARTS) is 1. The third-order valence-corrected chi connectivity index (χ3v) is 3.82. The van der Waals surface area contributed by atoms with Crippen LogP contribution in [0.15, 0.2) is 12.1 Å². The number of aryl methyl sites for hydroxylation is 2. The van der Waals surface area contributed by atoms with Crippen LogP contribution in [0, 0.1) is 13.8 Å². The highest BCUT2D eigenvalue weighted by Crippen LogP contribution is 2.24. The number of nitrogen functional groups attached to an aromatic ring is 1. The molecular weight excluding hydrogens is 242 g/mol. The van der Waals surface area contributed by atoms with E-state index < -0.39 is 6.09 Å². The molecule has 0 radical (unpaired) electrons. The maximum absolute atomic E-state index is 11.1. The van der Waals surface area contributed by atoms with E-state index in [1.807, 2.05) is 26.0 Å². The van der Waals surface area contributed by atoms with Crippen LogP contribution in [0.4, 0.5) is 16.2 Å². The number of hydrogen-bond acceptors (Lipinski definition) is 3. The van der Waals surface area contributed by atoms with Crippen LogP contribution >= 0.6 is 0 Å². The van der Waals surface area contributed by atoms with Crippen LogP contribution in [0.2, 0.25) is 0 Å². The first kappa shape index (κ1) is 13.5. The Morgan fingerprint density at radius 3 is 2.84 bits per heavy atom. The molecule has 0 saturated carbocycles. The molecule has 1 aliphatic rings. The molecule has 1 aromatic carbocycles. The van der Waals surface area contributed by atoms with Gasteiger partial charge in [0.15, 0.2) is 0 Å². The standard InChI is InChI=1S/C14H21N3O2/c1-9-6-12(15)13(7-10(9)2)16-8-11-4-3-5-17(11)14(18)19/h6-7,11,16H,3-5,8,15H2,1-2H3,(H,18,19). The van der Waals surface area contributed by atoms with E-state index in [4.69, 9.17) is 10.8 Å². The second-order valence-corrected chi connectivity index (χ2v) is 5.18. The zero-order valence-corrected chi connectivity index (χ0v) is 11.4. The number of nitrogens with one attached hydrogen (secondary N) is 1. The van der Waals surface area contributed by atoms with Crippen molar-refractivity contribution >= 4 is 17.5 Å². The summed E-state index contributed by atoms with van der Waals surface area (Å²) >= 11 is 0. The van der Waals surface area contributed by atoms with Crippen molar-refractivity contribution < 1.29 is 9.90 Å². The lowest BCUT2D eigenvalue weighted by Gasteiger charge is -2.23. The molecule has 0 aromatic heterocycles. The summed E-state index contributed by atoms with van der Waals surface area (Å²) in [6, 6.07) is 4.00. The molecule has 5 heteroatoms. The second-order valence-electron chi connectivity index (χ2n) is 5.18. The molecule has 1 fully saturated rings. The molecule has 104 valence electrons. The van der Waals surface area contributed by atoms with E-state index in [0.717, 1.165) is 24.1 Å². The van der Waals surface area contributed by atoms with Gasteiger partial charge in [0, 0.05) is 13.1 Å². The lowest BCUT2D eigenvalue weighted by Crippen LogP contribution is -2.38. The van der Waals surface area contributed by atoms with Gasteiger partial charge in [0.2, 0.25) is 0 Å². The van der Waals surface area contributed by atoms with E-state index >= 15 is 0 Å². The number of anilines is 2. The first-order valence-corrected chi connectivity index (χ1v) is 6.59. The summed E-state index contributed by atoms with van der Waals surface area (Å²) in [4.78, 5) is 12.6. The lowest BCUT2D eigenvalue weighted by molar-refractivity contribution is 0.142. The topological polar surface area (TPSA) is 78.6 Å². The number of likely N-dealkylation sites (tertiary alicyclic amines) is 1. The second kappa shape index (κ2) is 5.38. The molecule has 1 heterocycles. The smallest absolute Gasteiger partial charge is 0.407 e. The number of rotatable bonds is 3. The van der Waals surface area contributed by atoms with Crippen LogP contribution in [-0.2, 0) is 0 Å². The molecule has 4 N–H and O–H groups in total. The Kier molecular flexibility index (Phi) is 3.83. The van der Waals surface area contributed by atoms with Crippen LogP contribution in [0.25, 0.3) is 0 Å². The van der Waals surface area contributed by atoms with Gasteiger partial charge in [0.25, 0.3) is 0 Å².